The lowest BCUT2D eigenvalue weighted by Crippen LogP contribution is -2.50. The first-order valence-electron chi connectivity index (χ1n) is 5.60. The molecule has 0 spiro atoms. The van der Waals surface area contributed by atoms with Gasteiger partial charge in [0.05, 0.1) is 30.3 Å². The summed E-state index contributed by atoms with van der Waals surface area (Å²) in [5, 5.41) is 9.45. The van der Waals surface area contributed by atoms with Crippen LogP contribution in [0.2, 0.25) is 5.02 Å². The summed E-state index contributed by atoms with van der Waals surface area (Å²) in [6.07, 6.45) is 0. The summed E-state index contributed by atoms with van der Waals surface area (Å²) in [5.74, 6) is -0.450. The van der Waals surface area contributed by atoms with Gasteiger partial charge < -0.3 is 9.64 Å². The van der Waals surface area contributed by atoms with Gasteiger partial charge in [-0.3, -0.25) is 0 Å². The second kappa shape index (κ2) is 4.85. The third-order valence-electron chi connectivity index (χ3n) is 3.24. The van der Waals surface area contributed by atoms with Crippen molar-refractivity contribution in [1.29, 1.82) is 5.26 Å². The highest BCUT2D eigenvalue weighted by Gasteiger charge is 2.48. The minimum absolute atomic E-state index is 0.0766. The number of nitrogens with zero attached hydrogens (tertiary/aromatic N) is 2. The Hall–Kier alpha value is -1.15. The predicted molar refractivity (Wildman–Crippen MR) is 66.7 cm³/mol. The van der Waals surface area contributed by atoms with E-state index in [1.165, 1.54) is 6.07 Å². The Morgan fingerprint density at radius 2 is 2.17 bits per heavy atom. The van der Waals surface area contributed by atoms with Crippen LogP contribution < -0.4 is 0 Å². The second-order valence-electron chi connectivity index (χ2n) is 4.80. The van der Waals surface area contributed by atoms with Crippen molar-refractivity contribution in [1.82, 2.24) is 4.90 Å². The fourth-order valence-corrected chi connectivity index (χ4v) is 2.59. The zero-order valence-corrected chi connectivity index (χ0v) is 11.0. The molecule has 0 N–H and O–H groups in total. The van der Waals surface area contributed by atoms with E-state index in [0.717, 1.165) is 5.56 Å². The van der Waals surface area contributed by atoms with Crippen LogP contribution in [0, 0.1) is 22.6 Å². The Kier molecular flexibility index (Phi) is 3.58. The molecule has 1 aliphatic rings. The third kappa shape index (κ3) is 2.10. The second-order valence-corrected chi connectivity index (χ2v) is 5.21. The monoisotopic (exact) mass is 268 g/mol. The average molecular weight is 269 g/mol. The maximum absolute atomic E-state index is 13.2. The van der Waals surface area contributed by atoms with E-state index in [0.29, 0.717) is 13.2 Å². The molecule has 5 heteroatoms. The lowest BCUT2D eigenvalue weighted by atomic mass is 9.76. The van der Waals surface area contributed by atoms with Gasteiger partial charge in [-0.25, -0.2) is 4.39 Å². The zero-order chi connectivity index (χ0) is 13.3. The van der Waals surface area contributed by atoms with Gasteiger partial charge >= 0.3 is 0 Å². The highest BCUT2D eigenvalue weighted by atomic mass is 35.5. The van der Waals surface area contributed by atoms with E-state index < -0.39 is 11.2 Å². The largest absolute Gasteiger partial charge is 0.378 e. The molecule has 96 valence electrons. The average Bonchev–Trinajstić information content (AvgIpc) is 2.27. The van der Waals surface area contributed by atoms with Gasteiger partial charge in [0.25, 0.3) is 0 Å². The van der Waals surface area contributed by atoms with Gasteiger partial charge in [0.15, 0.2) is 0 Å². The molecular formula is C13H14ClFN2O. The van der Waals surface area contributed by atoms with Crippen molar-refractivity contribution in [2.75, 3.05) is 27.3 Å². The number of hydrogen-bond acceptors (Lipinski definition) is 3. The first-order valence-corrected chi connectivity index (χ1v) is 5.98. The molecule has 1 atom stereocenters. The zero-order valence-electron chi connectivity index (χ0n) is 10.3. The van der Waals surface area contributed by atoms with Crippen LogP contribution in [-0.2, 0) is 4.74 Å². The Morgan fingerprint density at radius 3 is 2.56 bits per heavy atom. The summed E-state index contributed by atoms with van der Waals surface area (Å²) in [6.45, 7) is 0.780. The van der Waals surface area contributed by atoms with E-state index in [2.05, 4.69) is 6.07 Å². The summed E-state index contributed by atoms with van der Waals surface area (Å²) >= 11 is 5.81. The molecular weight excluding hydrogens is 255 g/mol. The minimum atomic E-state index is -0.579. The fourth-order valence-electron chi connectivity index (χ4n) is 2.40. The van der Waals surface area contributed by atoms with Crippen molar-refractivity contribution in [3.63, 3.8) is 0 Å². The molecule has 0 radical (unpaired) electrons. The van der Waals surface area contributed by atoms with Gasteiger partial charge in [-0.1, -0.05) is 17.7 Å². The van der Waals surface area contributed by atoms with Crippen molar-refractivity contribution in [3.8, 4) is 6.07 Å². The van der Waals surface area contributed by atoms with E-state index in [-0.39, 0.29) is 11.1 Å². The van der Waals surface area contributed by atoms with Crippen molar-refractivity contribution in [2.45, 2.75) is 6.04 Å². The molecule has 1 heterocycles. The first kappa shape index (κ1) is 13.3. The molecule has 0 aromatic heterocycles. The van der Waals surface area contributed by atoms with Gasteiger partial charge in [-0.2, -0.15) is 5.26 Å². The molecule has 1 aromatic rings. The molecule has 18 heavy (non-hydrogen) atoms. The van der Waals surface area contributed by atoms with Crippen molar-refractivity contribution in [2.24, 2.45) is 5.41 Å². The number of benzene rings is 1. The Morgan fingerprint density at radius 1 is 1.50 bits per heavy atom. The quantitative estimate of drug-likeness (QED) is 0.846. The highest BCUT2D eigenvalue weighted by Crippen LogP contribution is 2.43. The number of rotatable bonds is 3. The Balaban J connectivity index is 2.42. The summed E-state index contributed by atoms with van der Waals surface area (Å²) in [6, 6.07) is 6.75. The minimum Gasteiger partial charge on any atom is -0.378 e. The topological polar surface area (TPSA) is 36.3 Å². The van der Waals surface area contributed by atoms with Crippen LogP contribution in [0.25, 0.3) is 0 Å². The Bertz CT molecular complexity index is 494. The van der Waals surface area contributed by atoms with Gasteiger partial charge in [-0.05, 0) is 31.8 Å². The molecule has 1 unspecified atom stereocenters. The number of halogens is 2. The van der Waals surface area contributed by atoms with Crippen LogP contribution >= 0.6 is 11.6 Å². The van der Waals surface area contributed by atoms with Crippen LogP contribution in [0.3, 0.4) is 0 Å². The molecule has 1 fully saturated rings. The number of ether oxygens (including phenoxy) is 1. The van der Waals surface area contributed by atoms with Gasteiger partial charge in [0.1, 0.15) is 11.2 Å². The van der Waals surface area contributed by atoms with Crippen LogP contribution in [0.5, 0.6) is 0 Å². The van der Waals surface area contributed by atoms with E-state index in [9.17, 15) is 9.65 Å². The lowest BCUT2D eigenvalue weighted by Gasteiger charge is -2.44. The molecule has 0 saturated carbocycles. The maximum Gasteiger partial charge on any atom is 0.141 e. The summed E-state index contributed by atoms with van der Waals surface area (Å²) < 4.78 is 18.4. The van der Waals surface area contributed by atoms with Crippen molar-refractivity contribution < 1.29 is 9.13 Å². The van der Waals surface area contributed by atoms with Crippen LogP contribution in [0.1, 0.15) is 11.6 Å². The van der Waals surface area contributed by atoms with Crippen molar-refractivity contribution >= 4 is 11.6 Å². The summed E-state index contributed by atoms with van der Waals surface area (Å²) in [5.41, 5.74) is 0.251. The highest BCUT2D eigenvalue weighted by molar-refractivity contribution is 6.30. The fraction of sp³-hybridized carbons (Fsp3) is 0.462. The molecule has 0 amide bonds. The Labute approximate surface area is 111 Å². The van der Waals surface area contributed by atoms with Crippen LogP contribution in [0.4, 0.5) is 4.39 Å². The standard InChI is InChI=1S/C13H14ClFN2O/c1-17(2)12(13(6-16)7-18-8-13)9-3-4-11(15)10(14)5-9/h3-5,12H,7-8H2,1-2H3. The molecule has 0 bridgehead atoms. The summed E-state index contributed by atoms with van der Waals surface area (Å²) in [4.78, 5) is 1.94. The molecule has 1 aliphatic heterocycles. The van der Waals surface area contributed by atoms with E-state index >= 15 is 0 Å². The van der Waals surface area contributed by atoms with E-state index in [1.54, 1.807) is 12.1 Å². The normalized spacial score (nSPS) is 19.1. The van der Waals surface area contributed by atoms with Crippen LogP contribution in [-0.4, -0.2) is 32.2 Å². The van der Waals surface area contributed by atoms with E-state index in [1.807, 2.05) is 19.0 Å². The molecule has 2 rings (SSSR count). The van der Waals surface area contributed by atoms with E-state index in [4.69, 9.17) is 16.3 Å². The van der Waals surface area contributed by atoms with Gasteiger partial charge in [0, 0.05) is 0 Å². The van der Waals surface area contributed by atoms with Crippen LogP contribution in [0.15, 0.2) is 18.2 Å². The first-order chi connectivity index (χ1) is 8.50. The summed E-state index contributed by atoms with van der Waals surface area (Å²) in [7, 11) is 3.78. The smallest absolute Gasteiger partial charge is 0.141 e. The maximum atomic E-state index is 13.2. The SMILES string of the molecule is CN(C)C(c1ccc(F)c(Cl)c1)C1(C#N)COC1. The van der Waals surface area contributed by atoms with Crippen molar-refractivity contribution in [3.05, 3.63) is 34.6 Å². The van der Waals surface area contributed by atoms with Gasteiger partial charge in [-0.15, -0.1) is 0 Å². The number of hydrogen-bond donors (Lipinski definition) is 0. The van der Waals surface area contributed by atoms with Gasteiger partial charge in [0.2, 0.25) is 0 Å². The number of nitriles is 1. The third-order valence-corrected chi connectivity index (χ3v) is 3.53. The molecule has 3 nitrogen and oxygen atoms in total. The molecule has 1 saturated heterocycles. The molecule has 1 aromatic carbocycles. The lowest BCUT2D eigenvalue weighted by molar-refractivity contribution is -0.115. The molecule has 0 aliphatic carbocycles. The predicted octanol–water partition coefficient (Wildman–Crippen LogP) is 2.62.